The van der Waals surface area contributed by atoms with Gasteiger partial charge in [0.25, 0.3) is 11.8 Å². The molecule has 4 rings (SSSR count). The van der Waals surface area contributed by atoms with Crippen LogP contribution in [0, 0.1) is 17.5 Å². The van der Waals surface area contributed by atoms with Crippen molar-refractivity contribution in [2.45, 2.75) is 43.9 Å². The molecule has 1 saturated heterocycles. The van der Waals surface area contributed by atoms with Crippen LogP contribution in [0.4, 0.5) is 17.6 Å². The summed E-state index contributed by atoms with van der Waals surface area (Å²) in [5.74, 6) is -4.26. The Kier molecular flexibility index (Phi) is 7.61. The molecule has 0 radical (unpaired) electrons. The fourth-order valence-electron chi connectivity index (χ4n) is 4.39. The van der Waals surface area contributed by atoms with Gasteiger partial charge in [0.05, 0.1) is 25.0 Å². The highest BCUT2D eigenvalue weighted by Gasteiger charge is 2.37. The molecule has 0 bridgehead atoms. The molecule has 0 atom stereocenters. The summed E-state index contributed by atoms with van der Waals surface area (Å²) in [4.78, 5) is 26.0. The smallest absolute Gasteiger partial charge is 0.267 e. The standard InChI is InChI=1S/C25H26F4N2O5S/c1-37(34,35)30-23(32)21-12-20(15-2-3-15)17(10-22(21)28)13-36-14-25(29)4-6-31(7-5-25)24(33)16-8-18(26)11-19(27)9-16/h8-12,15H,2-7,13-14H2,1H3,(H,30,32). The molecule has 2 aromatic rings. The van der Waals surface area contributed by atoms with E-state index < -0.39 is 50.5 Å². The molecule has 0 aromatic heterocycles. The summed E-state index contributed by atoms with van der Waals surface area (Å²) in [5, 5.41) is 0. The summed E-state index contributed by atoms with van der Waals surface area (Å²) >= 11 is 0. The number of alkyl halides is 1. The zero-order valence-electron chi connectivity index (χ0n) is 20.0. The number of piperidine rings is 1. The Morgan fingerprint density at radius 3 is 2.24 bits per heavy atom. The van der Waals surface area contributed by atoms with Gasteiger partial charge in [0, 0.05) is 37.6 Å². The van der Waals surface area contributed by atoms with Crippen molar-refractivity contribution >= 4 is 21.8 Å². The van der Waals surface area contributed by atoms with E-state index in [1.165, 1.54) is 11.0 Å². The third-order valence-electron chi connectivity index (χ3n) is 6.44. The number of benzene rings is 2. The van der Waals surface area contributed by atoms with Gasteiger partial charge in [0.2, 0.25) is 10.0 Å². The Labute approximate surface area is 211 Å². The van der Waals surface area contributed by atoms with E-state index in [0.29, 0.717) is 17.2 Å². The molecule has 1 N–H and O–H groups in total. The minimum atomic E-state index is -3.87. The third kappa shape index (κ3) is 6.86. The molecule has 2 aromatic carbocycles. The summed E-state index contributed by atoms with van der Waals surface area (Å²) in [5.41, 5.74) is -1.20. The minimum absolute atomic E-state index is 0.0307. The van der Waals surface area contributed by atoms with E-state index in [0.717, 1.165) is 37.3 Å². The van der Waals surface area contributed by atoms with Gasteiger partial charge in [-0.05, 0) is 54.2 Å². The van der Waals surface area contributed by atoms with Crippen molar-refractivity contribution in [2.24, 2.45) is 0 Å². The molecule has 1 heterocycles. The molecule has 2 aliphatic rings. The topological polar surface area (TPSA) is 92.8 Å². The average Bonchev–Trinajstić information content (AvgIpc) is 3.62. The van der Waals surface area contributed by atoms with Crippen LogP contribution in [-0.2, 0) is 21.4 Å². The minimum Gasteiger partial charge on any atom is -0.373 e. The fourth-order valence-corrected chi connectivity index (χ4v) is 4.83. The van der Waals surface area contributed by atoms with E-state index >= 15 is 4.39 Å². The Morgan fingerprint density at radius 1 is 1.05 bits per heavy atom. The molecular weight excluding hydrogens is 516 g/mol. The molecule has 7 nitrogen and oxygen atoms in total. The number of hydrogen-bond acceptors (Lipinski definition) is 5. The summed E-state index contributed by atoms with van der Waals surface area (Å²) < 4.78 is 86.9. The number of nitrogens with zero attached hydrogens (tertiary/aromatic N) is 1. The molecule has 1 saturated carbocycles. The molecule has 12 heteroatoms. The van der Waals surface area contributed by atoms with Gasteiger partial charge in [-0.15, -0.1) is 0 Å². The first-order valence-electron chi connectivity index (χ1n) is 11.7. The van der Waals surface area contributed by atoms with Gasteiger partial charge < -0.3 is 9.64 Å². The van der Waals surface area contributed by atoms with Crippen molar-refractivity contribution in [3.8, 4) is 0 Å². The summed E-state index contributed by atoms with van der Waals surface area (Å²) in [7, 11) is -3.87. The maximum absolute atomic E-state index is 15.4. The van der Waals surface area contributed by atoms with Gasteiger partial charge in [-0.3, -0.25) is 9.59 Å². The number of halogens is 4. The summed E-state index contributed by atoms with van der Waals surface area (Å²) in [6.07, 6.45) is 2.33. The lowest BCUT2D eigenvalue weighted by Gasteiger charge is -2.36. The second-order valence-electron chi connectivity index (χ2n) is 9.60. The Balaban J connectivity index is 1.36. The van der Waals surface area contributed by atoms with E-state index in [4.69, 9.17) is 4.74 Å². The number of nitrogens with one attached hydrogen (secondary N) is 1. The SMILES string of the molecule is CS(=O)(=O)NC(=O)c1cc(C2CC2)c(COCC2(F)CCN(C(=O)c3cc(F)cc(F)c3)CC2)cc1F. The number of carbonyl (C=O) groups excluding carboxylic acids is 2. The number of sulfonamides is 1. The van der Waals surface area contributed by atoms with Crippen molar-refractivity contribution in [1.82, 2.24) is 9.62 Å². The highest BCUT2D eigenvalue weighted by atomic mass is 32.2. The zero-order chi connectivity index (χ0) is 27.0. The monoisotopic (exact) mass is 542 g/mol. The van der Waals surface area contributed by atoms with Gasteiger partial charge in [-0.2, -0.15) is 0 Å². The van der Waals surface area contributed by atoms with Crippen molar-refractivity contribution in [2.75, 3.05) is 26.0 Å². The van der Waals surface area contributed by atoms with E-state index in [9.17, 15) is 31.2 Å². The normalized spacial score (nSPS) is 17.5. The number of likely N-dealkylation sites (tertiary alicyclic amines) is 1. The lowest BCUT2D eigenvalue weighted by atomic mass is 9.93. The third-order valence-corrected chi connectivity index (χ3v) is 7.00. The van der Waals surface area contributed by atoms with E-state index in [1.807, 2.05) is 0 Å². The van der Waals surface area contributed by atoms with Crippen LogP contribution in [0.25, 0.3) is 0 Å². The van der Waals surface area contributed by atoms with Crippen LogP contribution in [0.5, 0.6) is 0 Å². The zero-order valence-corrected chi connectivity index (χ0v) is 20.8. The lowest BCUT2D eigenvalue weighted by Crippen LogP contribution is -2.46. The second kappa shape index (κ2) is 10.4. The molecule has 0 spiro atoms. The van der Waals surface area contributed by atoms with Gasteiger partial charge in [-0.25, -0.2) is 30.7 Å². The lowest BCUT2D eigenvalue weighted by molar-refractivity contribution is -0.0274. The number of amides is 2. The number of carbonyl (C=O) groups is 2. The molecule has 1 aliphatic heterocycles. The second-order valence-corrected chi connectivity index (χ2v) is 11.4. The van der Waals surface area contributed by atoms with E-state index in [-0.39, 0.29) is 50.6 Å². The summed E-state index contributed by atoms with van der Waals surface area (Å²) in [6, 6.07) is 4.94. The number of rotatable bonds is 8. The fraction of sp³-hybridized carbons (Fsp3) is 0.440. The number of hydrogen-bond donors (Lipinski definition) is 1. The van der Waals surface area contributed by atoms with Gasteiger partial charge >= 0.3 is 0 Å². The van der Waals surface area contributed by atoms with Gasteiger partial charge in [0.1, 0.15) is 23.1 Å². The van der Waals surface area contributed by atoms with Crippen molar-refractivity contribution in [3.63, 3.8) is 0 Å². The number of ether oxygens (including phenoxy) is 1. The maximum Gasteiger partial charge on any atom is 0.267 e. The Morgan fingerprint density at radius 2 is 1.68 bits per heavy atom. The van der Waals surface area contributed by atoms with Crippen molar-refractivity contribution < 1.29 is 40.3 Å². The average molecular weight is 543 g/mol. The van der Waals surface area contributed by atoms with Crippen LogP contribution >= 0.6 is 0 Å². The predicted molar refractivity (Wildman–Crippen MR) is 126 cm³/mol. The molecule has 2 amide bonds. The molecule has 0 unspecified atom stereocenters. The summed E-state index contributed by atoms with van der Waals surface area (Å²) in [6.45, 7) is -0.370. The van der Waals surface area contributed by atoms with Gasteiger partial charge in [-0.1, -0.05) is 0 Å². The highest BCUT2D eigenvalue weighted by Crippen LogP contribution is 2.42. The van der Waals surface area contributed by atoms with Crippen LogP contribution in [0.3, 0.4) is 0 Å². The molecule has 37 heavy (non-hydrogen) atoms. The van der Waals surface area contributed by atoms with E-state index in [2.05, 4.69) is 0 Å². The first kappa shape index (κ1) is 27.1. The van der Waals surface area contributed by atoms with E-state index in [1.54, 1.807) is 4.72 Å². The van der Waals surface area contributed by atoms with Crippen molar-refractivity contribution in [3.05, 3.63) is 70.0 Å². The maximum atomic E-state index is 15.4. The molecular formula is C25H26F4N2O5S. The first-order chi connectivity index (χ1) is 17.3. The molecule has 2 fully saturated rings. The predicted octanol–water partition coefficient (Wildman–Crippen LogP) is 3.83. The Hall–Kier alpha value is -2.99. The van der Waals surface area contributed by atoms with Crippen LogP contribution in [0.15, 0.2) is 30.3 Å². The largest absolute Gasteiger partial charge is 0.373 e. The van der Waals surface area contributed by atoms with Crippen molar-refractivity contribution in [1.29, 1.82) is 0 Å². The van der Waals surface area contributed by atoms with Gasteiger partial charge in [0.15, 0.2) is 0 Å². The van der Waals surface area contributed by atoms with Crippen LogP contribution in [-0.4, -0.2) is 56.8 Å². The highest BCUT2D eigenvalue weighted by molar-refractivity contribution is 7.89. The van der Waals surface area contributed by atoms with Crippen LogP contribution in [0.2, 0.25) is 0 Å². The first-order valence-corrected chi connectivity index (χ1v) is 13.6. The van der Waals surface area contributed by atoms with Crippen LogP contribution < -0.4 is 4.72 Å². The molecule has 200 valence electrons. The van der Waals surface area contributed by atoms with Crippen LogP contribution in [0.1, 0.15) is 63.4 Å². The Bertz CT molecular complexity index is 1300. The molecule has 1 aliphatic carbocycles. The quantitative estimate of drug-likeness (QED) is 0.512.